The minimum atomic E-state index is -0.743. The summed E-state index contributed by atoms with van der Waals surface area (Å²) >= 11 is 0. The Morgan fingerprint density at radius 1 is 0.950 bits per heavy atom. The molecule has 1 aromatic carbocycles. The molecule has 0 saturated heterocycles. The molecule has 0 unspecified atom stereocenters. The van der Waals surface area contributed by atoms with Crippen LogP contribution in [0, 0.1) is 23.7 Å². The van der Waals surface area contributed by atoms with E-state index in [9.17, 15) is 4.79 Å². The summed E-state index contributed by atoms with van der Waals surface area (Å²) in [5.41, 5.74) is 2.39. The number of hydrogen-bond acceptors (Lipinski definition) is 1. The highest BCUT2D eigenvalue weighted by atomic mass is 16.4. The van der Waals surface area contributed by atoms with Gasteiger partial charge in [-0.25, -0.2) is 0 Å². The van der Waals surface area contributed by atoms with Crippen molar-refractivity contribution in [3.05, 3.63) is 35.4 Å². The smallest absolute Gasteiger partial charge is 0.307 e. The number of carbonyl (C=O) groups is 1. The van der Waals surface area contributed by atoms with E-state index in [1.165, 1.54) is 37.7 Å². The normalized spacial score (nSPS) is 38.1. The second-order valence-electron chi connectivity index (χ2n) is 7.27. The third kappa shape index (κ3) is 2.06. The summed E-state index contributed by atoms with van der Waals surface area (Å²) in [6.45, 7) is 0. The van der Waals surface area contributed by atoms with Gasteiger partial charge in [0.2, 0.25) is 0 Å². The van der Waals surface area contributed by atoms with Crippen LogP contribution in [0.25, 0.3) is 0 Å². The molecule has 4 bridgehead atoms. The number of carboxylic acids is 1. The highest BCUT2D eigenvalue weighted by Gasteiger charge is 2.48. The Kier molecular flexibility index (Phi) is 2.87. The lowest BCUT2D eigenvalue weighted by molar-refractivity contribution is -0.136. The Morgan fingerprint density at radius 2 is 1.50 bits per heavy atom. The van der Waals surface area contributed by atoms with Gasteiger partial charge in [0.15, 0.2) is 0 Å². The fraction of sp³-hybridized carbons (Fsp3) is 0.611. The fourth-order valence-corrected chi connectivity index (χ4v) is 5.50. The molecule has 4 saturated carbocycles. The van der Waals surface area contributed by atoms with E-state index in [4.69, 9.17) is 5.11 Å². The first kappa shape index (κ1) is 12.4. The molecular weight excluding hydrogens is 248 g/mol. The molecule has 106 valence electrons. The molecule has 1 N–H and O–H groups in total. The standard InChI is InChI=1S/C18H22O2/c19-17(20)10-11-1-3-14(4-2-11)18-15-6-12-5-13(8-15)9-16(18)7-12/h1-4,12-13,15-16,18H,5-10H2,(H,19,20). The number of benzene rings is 1. The summed E-state index contributed by atoms with van der Waals surface area (Å²) < 4.78 is 0. The lowest BCUT2D eigenvalue weighted by Gasteiger charge is -2.54. The molecule has 0 aromatic heterocycles. The minimum absolute atomic E-state index is 0.141. The predicted octanol–water partition coefficient (Wildman–Crippen LogP) is 3.85. The van der Waals surface area contributed by atoms with Gasteiger partial charge < -0.3 is 5.11 Å². The van der Waals surface area contributed by atoms with Crippen LogP contribution in [0.4, 0.5) is 0 Å². The van der Waals surface area contributed by atoms with Crippen molar-refractivity contribution in [1.82, 2.24) is 0 Å². The van der Waals surface area contributed by atoms with Gasteiger partial charge in [0, 0.05) is 0 Å². The van der Waals surface area contributed by atoms with E-state index in [2.05, 4.69) is 12.1 Å². The van der Waals surface area contributed by atoms with Crippen molar-refractivity contribution >= 4 is 5.97 Å². The summed E-state index contributed by atoms with van der Waals surface area (Å²) in [5.74, 6) is 3.84. The summed E-state index contributed by atoms with van der Waals surface area (Å²) in [6, 6.07) is 8.44. The zero-order valence-electron chi connectivity index (χ0n) is 11.8. The lowest BCUT2D eigenvalue weighted by Crippen LogP contribution is -2.43. The SMILES string of the molecule is O=C(O)Cc1ccc(C2C3CC4CC(C3)CC2C4)cc1. The molecule has 0 aliphatic heterocycles. The van der Waals surface area contributed by atoms with Gasteiger partial charge in [-0.1, -0.05) is 24.3 Å². The van der Waals surface area contributed by atoms with Crippen LogP contribution >= 0.6 is 0 Å². The molecule has 5 rings (SSSR count). The van der Waals surface area contributed by atoms with Crippen LogP contribution in [-0.4, -0.2) is 11.1 Å². The van der Waals surface area contributed by atoms with Gasteiger partial charge in [-0.15, -0.1) is 0 Å². The van der Waals surface area contributed by atoms with E-state index in [-0.39, 0.29) is 6.42 Å². The van der Waals surface area contributed by atoms with Crippen molar-refractivity contribution in [2.24, 2.45) is 23.7 Å². The Bertz CT molecular complexity index is 489. The highest BCUT2D eigenvalue weighted by Crippen LogP contribution is 2.59. The van der Waals surface area contributed by atoms with Crippen molar-refractivity contribution in [1.29, 1.82) is 0 Å². The quantitative estimate of drug-likeness (QED) is 0.905. The van der Waals surface area contributed by atoms with Gasteiger partial charge in [-0.3, -0.25) is 4.79 Å². The maximum atomic E-state index is 10.8. The molecule has 0 atom stereocenters. The Labute approximate surface area is 120 Å². The van der Waals surface area contributed by atoms with Crippen molar-refractivity contribution in [3.63, 3.8) is 0 Å². The van der Waals surface area contributed by atoms with Crippen LogP contribution in [0.15, 0.2) is 24.3 Å². The van der Waals surface area contributed by atoms with Gasteiger partial charge in [0.25, 0.3) is 0 Å². The molecule has 2 heteroatoms. The molecule has 0 amide bonds. The molecule has 4 fully saturated rings. The summed E-state index contributed by atoms with van der Waals surface area (Å²) in [7, 11) is 0. The minimum Gasteiger partial charge on any atom is -0.481 e. The Hall–Kier alpha value is -1.31. The number of rotatable bonds is 3. The second kappa shape index (κ2) is 4.61. The molecule has 0 radical (unpaired) electrons. The summed E-state index contributed by atoms with van der Waals surface area (Å²) in [5, 5.41) is 8.85. The highest BCUT2D eigenvalue weighted by molar-refractivity contribution is 5.70. The lowest BCUT2D eigenvalue weighted by atomic mass is 9.51. The van der Waals surface area contributed by atoms with E-state index < -0.39 is 5.97 Å². The topological polar surface area (TPSA) is 37.3 Å². The van der Waals surface area contributed by atoms with Crippen molar-refractivity contribution in [2.45, 2.75) is 44.4 Å². The van der Waals surface area contributed by atoms with Crippen LogP contribution in [0.1, 0.15) is 49.1 Å². The molecule has 1 aromatic rings. The van der Waals surface area contributed by atoms with Crippen molar-refractivity contribution in [3.8, 4) is 0 Å². The van der Waals surface area contributed by atoms with Crippen LogP contribution in [0.2, 0.25) is 0 Å². The molecule has 20 heavy (non-hydrogen) atoms. The van der Waals surface area contributed by atoms with Gasteiger partial charge in [-0.05, 0) is 72.8 Å². The Morgan fingerprint density at radius 3 is 2.00 bits per heavy atom. The average molecular weight is 270 g/mol. The van der Waals surface area contributed by atoms with Crippen LogP contribution in [0.3, 0.4) is 0 Å². The van der Waals surface area contributed by atoms with E-state index in [1.54, 1.807) is 0 Å². The maximum Gasteiger partial charge on any atom is 0.307 e. The molecule has 0 spiro atoms. The van der Waals surface area contributed by atoms with E-state index in [1.807, 2.05) is 12.1 Å². The second-order valence-corrected chi connectivity index (χ2v) is 7.27. The monoisotopic (exact) mass is 270 g/mol. The molecule has 0 heterocycles. The van der Waals surface area contributed by atoms with Gasteiger partial charge in [0.1, 0.15) is 0 Å². The number of hydrogen-bond donors (Lipinski definition) is 1. The van der Waals surface area contributed by atoms with Gasteiger partial charge in [0.05, 0.1) is 6.42 Å². The first-order valence-corrected chi connectivity index (χ1v) is 7.99. The Balaban J connectivity index is 1.57. The van der Waals surface area contributed by atoms with Gasteiger partial charge >= 0.3 is 5.97 Å². The van der Waals surface area contributed by atoms with E-state index in [0.717, 1.165) is 35.2 Å². The van der Waals surface area contributed by atoms with Gasteiger partial charge in [-0.2, -0.15) is 0 Å². The maximum absolute atomic E-state index is 10.8. The fourth-order valence-electron chi connectivity index (χ4n) is 5.50. The molecular formula is C18H22O2. The van der Waals surface area contributed by atoms with Crippen LogP contribution < -0.4 is 0 Å². The average Bonchev–Trinajstić information content (AvgIpc) is 2.38. The molecule has 4 aliphatic carbocycles. The first-order chi connectivity index (χ1) is 9.69. The van der Waals surface area contributed by atoms with E-state index in [0.29, 0.717) is 0 Å². The van der Waals surface area contributed by atoms with Crippen LogP contribution in [-0.2, 0) is 11.2 Å². The molecule has 4 aliphatic rings. The van der Waals surface area contributed by atoms with Crippen LogP contribution in [0.5, 0.6) is 0 Å². The zero-order valence-corrected chi connectivity index (χ0v) is 11.8. The van der Waals surface area contributed by atoms with E-state index >= 15 is 0 Å². The van der Waals surface area contributed by atoms with Crippen molar-refractivity contribution in [2.75, 3.05) is 0 Å². The predicted molar refractivity (Wildman–Crippen MR) is 77.6 cm³/mol. The molecule has 2 nitrogen and oxygen atoms in total. The third-order valence-corrected chi connectivity index (χ3v) is 5.95. The summed E-state index contributed by atoms with van der Waals surface area (Å²) in [4.78, 5) is 10.8. The number of aliphatic carboxylic acids is 1. The largest absolute Gasteiger partial charge is 0.481 e. The number of carboxylic acid groups (broad SMARTS) is 1. The van der Waals surface area contributed by atoms with Crippen molar-refractivity contribution < 1.29 is 9.90 Å². The first-order valence-electron chi connectivity index (χ1n) is 7.99. The summed E-state index contributed by atoms with van der Waals surface area (Å²) in [6.07, 6.45) is 7.39. The third-order valence-electron chi connectivity index (χ3n) is 5.95. The zero-order chi connectivity index (χ0) is 13.7.